The highest BCUT2D eigenvalue weighted by atomic mass is 16.6. The number of hydrogen-bond donors (Lipinski definition) is 1. The van der Waals surface area contributed by atoms with Gasteiger partial charge in [0.05, 0.1) is 5.54 Å². The van der Waals surface area contributed by atoms with Crippen molar-refractivity contribution in [3.05, 3.63) is 0 Å². The van der Waals surface area contributed by atoms with Gasteiger partial charge in [-0.1, -0.05) is 0 Å². The van der Waals surface area contributed by atoms with E-state index in [1.54, 1.807) is 20.8 Å². The third kappa shape index (κ3) is 3.01. The molecule has 4 heteroatoms. The van der Waals surface area contributed by atoms with Crippen LogP contribution in [0.4, 0.5) is 4.79 Å². The van der Waals surface area contributed by atoms with Crippen LogP contribution in [0.1, 0.15) is 40.5 Å². The van der Waals surface area contributed by atoms with Gasteiger partial charge in [-0.15, -0.1) is 0 Å². The zero-order valence-electron chi connectivity index (χ0n) is 9.14. The van der Waals surface area contributed by atoms with Crippen molar-refractivity contribution in [1.82, 2.24) is 5.32 Å². The second-order valence-electron chi connectivity index (χ2n) is 5.08. The van der Waals surface area contributed by atoms with Gasteiger partial charge in [0.2, 0.25) is 0 Å². The minimum Gasteiger partial charge on any atom is -0.444 e. The summed E-state index contributed by atoms with van der Waals surface area (Å²) in [6.45, 7) is 7.26. The summed E-state index contributed by atoms with van der Waals surface area (Å²) in [5, 5.41) is 2.70. The van der Waals surface area contributed by atoms with Crippen LogP contribution >= 0.6 is 0 Å². The Morgan fingerprint density at radius 2 is 1.93 bits per heavy atom. The fourth-order valence-electron chi connectivity index (χ4n) is 1.46. The van der Waals surface area contributed by atoms with Crippen molar-refractivity contribution in [2.24, 2.45) is 0 Å². The lowest BCUT2D eigenvalue weighted by Crippen LogP contribution is -2.56. The van der Waals surface area contributed by atoms with E-state index < -0.39 is 11.7 Å². The highest BCUT2D eigenvalue weighted by Gasteiger charge is 2.41. The molecule has 1 amide bonds. The van der Waals surface area contributed by atoms with Gasteiger partial charge in [0, 0.05) is 12.8 Å². The Hall–Kier alpha value is -1.06. The van der Waals surface area contributed by atoms with Crippen molar-refractivity contribution >= 4 is 11.9 Å². The standard InChI is InChI=1S/C10H17NO3/c1-9(2,3)14-8(13)11-10(4)5-7(12)6-10/h5-6H2,1-4H3,(H,11,13). The number of nitrogens with one attached hydrogen (secondary N) is 1. The van der Waals surface area contributed by atoms with Crippen molar-refractivity contribution in [3.63, 3.8) is 0 Å². The molecule has 1 saturated carbocycles. The number of Topliss-reactive ketones (excluding diaryl/α,β-unsaturated/α-hetero) is 1. The SMILES string of the molecule is CC1(NC(=O)OC(C)(C)C)CC(=O)C1. The highest BCUT2D eigenvalue weighted by molar-refractivity contribution is 5.89. The number of carbonyl (C=O) groups excluding carboxylic acids is 2. The Morgan fingerprint density at radius 3 is 2.29 bits per heavy atom. The molecule has 1 fully saturated rings. The first-order chi connectivity index (χ1) is 6.20. The molecule has 1 N–H and O–H groups in total. The summed E-state index contributed by atoms with van der Waals surface area (Å²) in [5.74, 6) is 0.184. The Labute approximate surface area is 84.0 Å². The summed E-state index contributed by atoms with van der Waals surface area (Å²) in [6, 6.07) is 0. The largest absolute Gasteiger partial charge is 0.444 e. The van der Waals surface area contributed by atoms with E-state index >= 15 is 0 Å². The number of rotatable bonds is 1. The molecule has 0 bridgehead atoms. The Kier molecular flexibility index (Phi) is 2.56. The molecule has 0 aromatic carbocycles. The van der Waals surface area contributed by atoms with Crippen LogP contribution in [0.3, 0.4) is 0 Å². The van der Waals surface area contributed by atoms with E-state index in [1.807, 2.05) is 6.92 Å². The van der Waals surface area contributed by atoms with E-state index in [-0.39, 0.29) is 11.3 Å². The van der Waals surface area contributed by atoms with Crippen LogP contribution in [0.25, 0.3) is 0 Å². The molecule has 0 atom stereocenters. The molecular weight excluding hydrogens is 182 g/mol. The molecule has 0 saturated heterocycles. The van der Waals surface area contributed by atoms with Crippen LogP contribution in [0.5, 0.6) is 0 Å². The maximum Gasteiger partial charge on any atom is 0.408 e. The molecule has 0 spiro atoms. The quantitative estimate of drug-likeness (QED) is 0.698. The first-order valence-corrected chi connectivity index (χ1v) is 4.73. The summed E-state index contributed by atoms with van der Waals surface area (Å²) < 4.78 is 5.08. The zero-order valence-corrected chi connectivity index (χ0v) is 9.14. The summed E-state index contributed by atoms with van der Waals surface area (Å²) in [5.41, 5.74) is -0.881. The fourth-order valence-corrected chi connectivity index (χ4v) is 1.46. The topological polar surface area (TPSA) is 55.4 Å². The third-order valence-corrected chi connectivity index (χ3v) is 1.98. The molecule has 0 radical (unpaired) electrons. The molecule has 1 aliphatic carbocycles. The van der Waals surface area contributed by atoms with Crippen molar-refractivity contribution in [2.75, 3.05) is 0 Å². The van der Waals surface area contributed by atoms with Gasteiger partial charge in [-0.05, 0) is 27.7 Å². The van der Waals surface area contributed by atoms with Gasteiger partial charge in [0.15, 0.2) is 0 Å². The van der Waals surface area contributed by atoms with Crippen LogP contribution in [0.2, 0.25) is 0 Å². The molecule has 0 unspecified atom stereocenters. The van der Waals surface area contributed by atoms with Gasteiger partial charge >= 0.3 is 6.09 Å². The van der Waals surface area contributed by atoms with Crippen molar-refractivity contribution in [2.45, 2.75) is 51.7 Å². The van der Waals surface area contributed by atoms with Crippen LogP contribution < -0.4 is 5.32 Å². The van der Waals surface area contributed by atoms with Crippen molar-refractivity contribution in [1.29, 1.82) is 0 Å². The van der Waals surface area contributed by atoms with Crippen LogP contribution in [-0.4, -0.2) is 23.0 Å². The molecule has 1 aliphatic rings. The Morgan fingerprint density at radius 1 is 1.43 bits per heavy atom. The first-order valence-electron chi connectivity index (χ1n) is 4.73. The molecule has 1 rings (SSSR count). The molecular formula is C10H17NO3. The lowest BCUT2D eigenvalue weighted by atomic mass is 9.77. The minimum atomic E-state index is -0.492. The van der Waals surface area contributed by atoms with Gasteiger partial charge < -0.3 is 10.1 Å². The number of ether oxygens (including phenoxy) is 1. The predicted octanol–water partition coefficient (Wildman–Crippen LogP) is 1.63. The molecule has 0 aromatic heterocycles. The molecule has 14 heavy (non-hydrogen) atoms. The van der Waals surface area contributed by atoms with Crippen LogP contribution in [-0.2, 0) is 9.53 Å². The van der Waals surface area contributed by atoms with Crippen molar-refractivity contribution < 1.29 is 14.3 Å². The van der Waals surface area contributed by atoms with Crippen molar-refractivity contribution in [3.8, 4) is 0 Å². The monoisotopic (exact) mass is 199 g/mol. The van der Waals surface area contributed by atoms with E-state index in [0.717, 1.165) is 0 Å². The molecule has 80 valence electrons. The minimum absolute atomic E-state index is 0.184. The highest BCUT2D eigenvalue weighted by Crippen LogP contribution is 2.27. The van der Waals surface area contributed by atoms with Crippen LogP contribution in [0, 0.1) is 0 Å². The van der Waals surface area contributed by atoms with E-state index in [4.69, 9.17) is 4.74 Å². The van der Waals surface area contributed by atoms with E-state index in [0.29, 0.717) is 12.8 Å². The summed E-state index contributed by atoms with van der Waals surface area (Å²) in [4.78, 5) is 22.1. The molecule has 4 nitrogen and oxygen atoms in total. The van der Waals surface area contributed by atoms with Crippen LogP contribution in [0.15, 0.2) is 0 Å². The lowest BCUT2D eigenvalue weighted by Gasteiger charge is -2.37. The fraction of sp³-hybridized carbons (Fsp3) is 0.800. The molecule has 0 heterocycles. The maximum atomic E-state index is 11.3. The number of hydrogen-bond acceptors (Lipinski definition) is 3. The number of carbonyl (C=O) groups is 2. The number of amides is 1. The summed E-state index contributed by atoms with van der Waals surface area (Å²) in [7, 11) is 0. The third-order valence-electron chi connectivity index (χ3n) is 1.98. The Balaban J connectivity index is 2.38. The second-order valence-corrected chi connectivity index (χ2v) is 5.08. The number of alkyl carbamates (subject to hydrolysis) is 1. The normalized spacial score (nSPS) is 19.9. The van der Waals surface area contributed by atoms with Gasteiger partial charge in [-0.2, -0.15) is 0 Å². The summed E-state index contributed by atoms with van der Waals surface area (Å²) in [6.07, 6.45) is 0.367. The predicted molar refractivity (Wildman–Crippen MR) is 52.0 cm³/mol. The average Bonchev–Trinajstić information content (AvgIpc) is 1.76. The summed E-state index contributed by atoms with van der Waals surface area (Å²) >= 11 is 0. The molecule has 0 aromatic rings. The average molecular weight is 199 g/mol. The number of ketones is 1. The molecule has 0 aliphatic heterocycles. The van der Waals surface area contributed by atoms with Gasteiger partial charge in [0.1, 0.15) is 11.4 Å². The van der Waals surface area contributed by atoms with E-state index in [2.05, 4.69) is 5.32 Å². The first kappa shape index (κ1) is 11.0. The van der Waals surface area contributed by atoms with E-state index in [9.17, 15) is 9.59 Å². The second kappa shape index (κ2) is 3.26. The zero-order chi connectivity index (χ0) is 11.0. The van der Waals surface area contributed by atoms with Gasteiger partial charge in [0.25, 0.3) is 0 Å². The van der Waals surface area contributed by atoms with E-state index in [1.165, 1.54) is 0 Å². The van der Waals surface area contributed by atoms with Gasteiger partial charge in [-0.25, -0.2) is 4.79 Å². The smallest absolute Gasteiger partial charge is 0.408 e. The maximum absolute atomic E-state index is 11.3. The lowest BCUT2D eigenvalue weighted by molar-refractivity contribution is -0.128. The van der Waals surface area contributed by atoms with Gasteiger partial charge in [-0.3, -0.25) is 4.79 Å². The Bertz CT molecular complexity index is 257.